The van der Waals surface area contributed by atoms with Crippen molar-refractivity contribution in [3.8, 4) is 0 Å². The zero-order chi connectivity index (χ0) is 13.9. The van der Waals surface area contributed by atoms with E-state index in [4.69, 9.17) is 9.72 Å². The van der Waals surface area contributed by atoms with Gasteiger partial charge in [-0.2, -0.15) is 0 Å². The van der Waals surface area contributed by atoms with E-state index in [0.29, 0.717) is 0 Å². The summed E-state index contributed by atoms with van der Waals surface area (Å²) < 4.78 is 5.59. The Bertz CT molecular complexity index is 431. The molecule has 4 nitrogen and oxygen atoms in total. The van der Waals surface area contributed by atoms with Crippen molar-refractivity contribution in [1.82, 2.24) is 10.3 Å². The van der Waals surface area contributed by atoms with Crippen LogP contribution < -0.4 is 10.2 Å². The molecule has 19 heavy (non-hydrogen) atoms. The number of hydrogen-bond donors (Lipinski definition) is 1. The van der Waals surface area contributed by atoms with Gasteiger partial charge in [-0.15, -0.1) is 0 Å². The normalized spacial score (nSPS) is 18.6. The molecule has 0 aliphatic carbocycles. The fraction of sp³-hybridized carbons (Fsp3) is 0.667. The van der Waals surface area contributed by atoms with Crippen LogP contribution in [-0.2, 0) is 17.7 Å². The number of nitrogens with one attached hydrogen (secondary N) is 1. The lowest BCUT2D eigenvalue weighted by Gasteiger charge is -2.43. The highest BCUT2D eigenvalue weighted by Gasteiger charge is 2.31. The number of morpholine rings is 1. The highest BCUT2D eigenvalue weighted by molar-refractivity contribution is 5.46. The van der Waals surface area contributed by atoms with Gasteiger partial charge in [0.1, 0.15) is 5.82 Å². The Morgan fingerprint density at radius 2 is 2.21 bits per heavy atom. The van der Waals surface area contributed by atoms with Crippen LogP contribution in [-0.4, -0.2) is 37.3 Å². The lowest BCUT2D eigenvalue weighted by molar-refractivity contribution is 0.0639. The molecule has 0 atom stereocenters. The zero-order valence-electron chi connectivity index (χ0n) is 12.5. The summed E-state index contributed by atoms with van der Waals surface area (Å²) in [7, 11) is 1.98. The summed E-state index contributed by atoms with van der Waals surface area (Å²) in [6, 6.07) is 4.39. The molecule has 2 heterocycles. The van der Waals surface area contributed by atoms with E-state index in [1.807, 2.05) is 7.05 Å². The van der Waals surface area contributed by atoms with Crippen molar-refractivity contribution in [2.75, 3.05) is 31.7 Å². The van der Waals surface area contributed by atoms with Gasteiger partial charge in [0.05, 0.1) is 18.8 Å². The molecule has 0 unspecified atom stereocenters. The summed E-state index contributed by atoms with van der Waals surface area (Å²) >= 11 is 0. The maximum absolute atomic E-state index is 5.59. The minimum Gasteiger partial charge on any atom is -0.377 e. The Balaban J connectivity index is 2.34. The van der Waals surface area contributed by atoms with Crippen molar-refractivity contribution in [1.29, 1.82) is 0 Å². The molecular formula is C15H25N3O. The molecule has 0 bridgehead atoms. The molecule has 0 aromatic carbocycles. The van der Waals surface area contributed by atoms with Gasteiger partial charge < -0.3 is 15.0 Å². The van der Waals surface area contributed by atoms with Gasteiger partial charge in [0.15, 0.2) is 0 Å². The van der Waals surface area contributed by atoms with Crippen LogP contribution in [0.1, 0.15) is 32.0 Å². The molecule has 0 radical (unpaired) electrons. The van der Waals surface area contributed by atoms with E-state index in [0.717, 1.165) is 44.2 Å². The summed E-state index contributed by atoms with van der Waals surface area (Å²) in [5.74, 6) is 1.08. The van der Waals surface area contributed by atoms with E-state index in [9.17, 15) is 0 Å². The molecule has 1 aliphatic rings. The molecule has 1 aromatic heterocycles. The van der Waals surface area contributed by atoms with E-state index in [2.05, 4.69) is 43.1 Å². The minimum absolute atomic E-state index is 0.00846. The third-order valence-corrected chi connectivity index (χ3v) is 3.59. The van der Waals surface area contributed by atoms with Crippen molar-refractivity contribution in [2.45, 2.75) is 39.3 Å². The van der Waals surface area contributed by atoms with Gasteiger partial charge in [0, 0.05) is 18.8 Å². The molecular weight excluding hydrogens is 238 g/mol. The largest absolute Gasteiger partial charge is 0.377 e. The molecule has 1 fully saturated rings. The summed E-state index contributed by atoms with van der Waals surface area (Å²) in [5.41, 5.74) is 2.46. The second-order valence-corrected chi connectivity index (χ2v) is 5.73. The first kappa shape index (κ1) is 14.3. The second-order valence-electron chi connectivity index (χ2n) is 5.73. The Kier molecular flexibility index (Phi) is 4.42. The number of hydrogen-bond acceptors (Lipinski definition) is 4. The zero-order valence-corrected chi connectivity index (χ0v) is 12.5. The maximum atomic E-state index is 5.59. The van der Waals surface area contributed by atoms with Gasteiger partial charge in [0.25, 0.3) is 0 Å². The van der Waals surface area contributed by atoms with Gasteiger partial charge >= 0.3 is 0 Å². The first-order chi connectivity index (χ1) is 9.06. The molecule has 0 spiro atoms. The fourth-order valence-corrected chi connectivity index (χ4v) is 2.54. The SMILES string of the molecule is CCc1cc(CNC)cc(N2CCOCC2(C)C)n1. The van der Waals surface area contributed by atoms with E-state index >= 15 is 0 Å². The molecule has 0 saturated carbocycles. The number of aryl methyl sites for hydroxylation is 1. The maximum Gasteiger partial charge on any atom is 0.129 e. The summed E-state index contributed by atoms with van der Waals surface area (Å²) in [4.78, 5) is 7.17. The number of nitrogens with zero attached hydrogens (tertiary/aromatic N) is 2. The van der Waals surface area contributed by atoms with E-state index in [-0.39, 0.29) is 5.54 Å². The van der Waals surface area contributed by atoms with Crippen molar-refractivity contribution in [3.63, 3.8) is 0 Å². The minimum atomic E-state index is 0.00846. The molecule has 1 N–H and O–H groups in total. The first-order valence-electron chi connectivity index (χ1n) is 7.06. The average Bonchev–Trinajstić information content (AvgIpc) is 2.38. The van der Waals surface area contributed by atoms with Crippen LogP contribution in [0.25, 0.3) is 0 Å². The number of rotatable bonds is 4. The van der Waals surface area contributed by atoms with Gasteiger partial charge in [-0.25, -0.2) is 4.98 Å². The van der Waals surface area contributed by atoms with Crippen LogP contribution in [0.2, 0.25) is 0 Å². The number of aromatic nitrogens is 1. The third-order valence-electron chi connectivity index (χ3n) is 3.59. The fourth-order valence-electron chi connectivity index (χ4n) is 2.54. The monoisotopic (exact) mass is 263 g/mol. The van der Waals surface area contributed by atoms with Crippen LogP contribution in [0.3, 0.4) is 0 Å². The Morgan fingerprint density at radius 1 is 1.42 bits per heavy atom. The summed E-state index contributed by atoms with van der Waals surface area (Å²) in [6.07, 6.45) is 0.968. The molecule has 1 aromatic rings. The summed E-state index contributed by atoms with van der Waals surface area (Å²) in [5, 5.41) is 3.22. The van der Waals surface area contributed by atoms with Crippen LogP contribution in [0.5, 0.6) is 0 Å². The quantitative estimate of drug-likeness (QED) is 0.901. The van der Waals surface area contributed by atoms with Gasteiger partial charge in [-0.1, -0.05) is 6.92 Å². The second kappa shape index (κ2) is 5.88. The Morgan fingerprint density at radius 3 is 2.84 bits per heavy atom. The Labute approximate surface area is 116 Å². The van der Waals surface area contributed by atoms with Gasteiger partial charge in [-0.3, -0.25) is 0 Å². The first-order valence-corrected chi connectivity index (χ1v) is 7.06. The molecule has 0 amide bonds. The molecule has 1 aliphatic heterocycles. The predicted molar refractivity (Wildman–Crippen MR) is 78.6 cm³/mol. The van der Waals surface area contributed by atoms with Crippen LogP contribution in [0.15, 0.2) is 12.1 Å². The highest BCUT2D eigenvalue weighted by Crippen LogP contribution is 2.26. The number of ether oxygens (including phenoxy) is 1. The highest BCUT2D eigenvalue weighted by atomic mass is 16.5. The summed E-state index contributed by atoms with van der Waals surface area (Å²) in [6.45, 7) is 9.91. The van der Waals surface area contributed by atoms with E-state index in [1.54, 1.807) is 0 Å². The van der Waals surface area contributed by atoms with Gasteiger partial charge in [0.2, 0.25) is 0 Å². The van der Waals surface area contributed by atoms with Crippen molar-refractivity contribution >= 4 is 5.82 Å². The lowest BCUT2D eigenvalue weighted by atomic mass is 10.0. The molecule has 2 rings (SSSR count). The smallest absolute Gasteiger partial charge is 0.129 e. The number of pyridine rings is 1. The van der Waals surface area contributed by atoms with Crippen LogP contribution >= 0.6 is 0 Å². The van der Waals surface area contributed by atoms with Crippen molar-refractivity contribution in [3.05, 3.63) is 23.4 Å². The molecule has 1 saturated heterocycles. The van der Waals surface area contributed by atoms with E-state index in [1.165, 1.54) is 5.56 Å². The standard InChI is InChI=1S/C15H25N3O/c1-5-13-8-12(10-16-4)9-14(17-13)18-6-7-19-11-15(18,2)3/h8-9,16H,5-7,10-11H2,1-4H3. The topological polar surface area (TPSA) is 37.4 Å². The molecule has 106 valence electrons. The lowest BCUT2D eigenvalue weighted by Crippen LogP contribution is -2.53. The van der Waals surface area contributed by atoms with Crippen LogP contribution in [0.4, 0.5) is 5.82 Å². The molecule has 4 heteroatoms. The number of anilines is 1. The van der Waals surface area contributed by atoms with Gasteiger partial charge in [-0.05, 0) is 45.0 Å². The van der Waals surface area contributed by atoms with Crippen molar-refractivity contribution in [2.24, 2.45) is 0 Å². The average molecular weight is 263 g/mol. The Hall–Kier alpha value is -1.13. The van der Waals surface area contributed by atoms with Crippen LogP contribution in [0, 0.1) is 0 Å². The van der Waals surface area contributed by atoms with Crippen molar-refractivity contribution < 1.29 is 4.74 Å². The predicted octanol–water partition coefficient (Wildman–Crippen LogP) is 1.98. The third kappa shape index (κ3) is 3.25. The van der Waals surface area contributed by atoms with E-state index < -0.39 is 0 Å².